The van der Waals surface area contributed by atoms with Gasteiger partial charge in [-0.25, -0.2) is 5.10 Å². The minimum Gasteiger partial charge on any atom is -0.349 e. The number of hydrogen-bond acceptors (Lipinski definition) is 3. The van der Waals surface area contributed by atoms with Crippen LogP contribution in [-0.2, 0) is 0 Å². The normalized spacial score (nSPS) is 11.5. The Morgan fingerprint density at radius 2 is 2.36 bits per heavy atom. The van der Waals surface area contributed by atoms with Crippen LogP contribution in [0.2, 0.25) is 0 Å². The molecule has 3 aromatic heterocycles. The Labute approximate surface area is 82.6 Å². The monoisotopic (exact) mass is 205 g/mol. The lowest BCUT2D eigenvalue weighted by Gasteiger charge is -1.85. The molecule has 14 heavy (non-hydrogen) atoms. The SMILES string of the molecule is Cc1cc2[nH]c3c(=O)[nH]ncc3c2s1. The van der Waals surface area contributed by atoms with Crippen molar-refractivity contribution in [3.63, 3.8) is 0 Å². The Hall–Kier alpha value is -1.62. The van der Waals surface area contributed by atoms with Gasteiger partial charge in [0.15, 0.2) is 0 Å². The van der Waals surface area contributed by atoms with Gasteiger partial charge in [-0.15, -0.1) is 11.3 Å². The molecule has 0 bridgehead atoms. The minimum absolute atomic E-state index is 0.163. The number of aryl methyl sites for hydroxylation is 1. The highest BCUT2D eigenvalue weighted by Gasteiger charge is 2.09. The van der Waals surface area contributed by atoms with Gasteiger partial charge in [0, 0.05) is 10.3 Å². The largest absolute Gasteiger partial charge is 0.349 e. The molecule has 2 N–H and O–H groups in total. The molecular formula is C9H7N3OS. The van der Waals surface area contributed by atoms with Crippen molar-refractivity contribution in [3.8, 4) is 0 Å². The van der Waals surface area contributed by atoms with Gasteiger partial charge in [0.05, 0.1) is 16.4 Å². The Morgan fingerprint density at radius 3 is 3.21 bits per heavy atom. The van der Waals surface area contributed by atoms with E-state index in [2.05, 4.69) is 15.2 Å². The number of nitrogens with zero attached hydrogens (tertiary/aromatic N) is 1. The van der Waals surface area contributed by atoms with Crippen molar-refractivity contribution in [2.75, 3.05) is 0 Å². The summed E-state index contributed by atoms with van der Waals surface area (Å²) in [6.07, 6.45) is 1.69. The third-order valence-corrected chi connectivity index (χ3v) is 3.30. The van der Waals surface area contributed by atoms with Crippen LogP contribution in [-0.4, -0.2) is 15.2 Å². The highest BCUT2D eigenvalue weighted by molar-refractivity contribution is 7.20. The summed E-state index contributed by atoms with van der Waals surface area (Å²) in [5.41, 5.74) is 1.46. The van der Waals surface area contributed by atoms with Gasteiger partial charge in [0.1, 0.15) is 5.52 Å². The van der Waals surface area contributed by atoms with Crippen LogP contribution in [0.1, 0.15) is 4.88 Å². The van der Waals surface area contributed by atoms with Crippen molar-refractivity contribution in [1.29, 1.82) is 0 Å². The molecule has 3 rings (SSSR count). The highest BCUT2D eigenvalue weighted by atomic mass is 32.1. The molecule has 4 nitrogen and oxygen atoms in total. The highest BCUT2D eigenvalue weighted by Crippen LogP contribution is 2.30. The molecule has 0 aromatic carbocycles. The Morgan fingerprint density at radius 1 is 1.50 bits per heavy atom. The van der Waals surface area contributed by atoms with Gasteiger partial charge in [-0.2, -0.15) is 5.10 Å². The maximum Gasteiger partial charge on any atom is 0.288 e. The maximum absolute atomic E-state index is 11.4. The van der Waals surface area contributed by atoms with Crippen LogP contribution >= 0.6 is 11.3 Å². The molecule has 0 radical (unpaired) electrons. The molecule has 0 fully saturated rings. The molecule has 0 unspecified atom stereocenters. The van der Waals surface area contributed by atoms with Crippen molar-refractivity contribution < 1.29 is 0 Å². The van der Waals surface area contributed by atoms with Crippen LogP contribution < -0.4 is 5.56 Å². The quantitative estimate of drug-likeness (QED) is 0.587. The van der Waals surface area contributed by atoms with Crippen LogP contribution in [0.5, 0.6) is 0 Å². The third-order valence-electron chi connectivity index (χ3n) is 2.22. The smallest absolute Gasteiger partial charge is 0.288 e. The standard InChI is InChI=1S/C9H7N3OS/c1-4-2-6-8(14-4)5-3-10-12-9(13)7(5)11-6/h2-3,11H,1H3,(H,12,13). The summed E-state index contributed by atoms with van der Waals surface area (Å²) in [5, 5.41) is 7.11. The maximum atomic E-state index is 11.4. The summed E-state index contributed by atoms with van der Waals surface area (Å²) in [6.45, 7) is 2.05. The molecule has 70 valence electrons. The zero-order valence-electron chi connectivity index (χ0n) is 7.42. The van der Waals surface area contributed by atoms with Gasteiger partial charge >= 0.3 is 0 Å². The van der Waals surface area contributed by atoms with E-state index in [4.69, 9.17) is 0 Å². The van der Waals surface area contributed by atoms with Gasteiger partial charge in [-0.1, -0.05) is 0 Å². The summed E-state index contributed by atoms with van der Waals surface area (Å²) < 4.78 is 1.11. The molecular weight excluding hydrogens is 198 g/mol. The van der Waals surface area contributed by atoms with Crippen molar-refractivity contribution in [3.05, 3.63) is 27.5 Å². The molecule has 0 aliphatic rings. The average Bonchev–Trinajstić information content (AvgIpc) is 2.63. The van der Waals surface area contributed by atoms with E-state index in [1.54, 1.807) is 17.5 Å². The Balaban J connectivity index is 2.65. The fraction of sp³-hybridized carbons (Fsp3) is 0.111. The summed E-state index contributed by atoms with van der Waals surface area (Å²) in [4.78, 5) is 15.7. The molecule has 3 heterocycles. The predicted molar refractivity (Wildman–Crippen MR) is 56.8 cm³/mol. The van der Waals surface area contributed by atoms with E-state index in [1.165, 1.54) is 4.88 Å². The molecule has 0 saturated heterocycles. The van der Waals surface area contributed by atoms with E-state index in [9.17, 15) is 4.79 Å². The van der Waals surface area contributed by atoms with Crippen LogP contribution in [0.4, 0.5) is 0 Å². The van der Waals surface area contributed by atoms with Crippen LogP contribution in [0.25, 0.3) is 21.1 Å². The van der Waals surface area contributed by atoms with Crippen molar-refractivity contribution in [2.24, 2.45) is 0 Å². The molecule has 0 spiro atoms. The minimum atomic E-state index is -0.163. The van der Waals surface area contributed by atoms with Gasteiger partial charge in [0.2, 0.25) is 0 Å². The van der Waals surface area contributed by atoms with E-state index in [1.807, 2.05) is 13.0 Å². The lowest BCUT2D eigenvalue weighted by Crippen LogP contribution is -2.06. The third kappa shape index (κ3) is 0.871. The first-order valence-electron chi connectivity index (χ1n) is 4.21. The number of thiophene rings is 1. The number of aromatic amines is 2. The second-order valence-electron chi connectivity index (χ2n) is 3.21. The zero-order valence-corrected chi connectivity index (χ0v) is 8.23. The molecule has 5 heteroatoms. The fourth-order valence-corrected chi connectivity index (χ4v) is 2.62. The summed E-state index contributed by atoms with van der Waals surface area (Å²) in [6, 6.07) is 2.04. The summed E-state index contributed by atoms with van der Waals surface area (Å²) in [7, 11) is 0. The van der Waals surface area contributed by atoms with E-state index in [0.29, 0.717) is 5.52 Å². The van der Waals surface area contributed by atoms with Crippen molar-refractivity contribution in [1.82, 2.24) is 15.2 Å². The number of H-pyrrole nitrogens is 2. The lowest BCUT2D eigenvalue weighted by molar-refractivity contribution is 1.01. The number of aromatic nitrogens is 3. The van der Waals surface area contributed by atoms with E-state index in [0.717, 1.165) is 15.6 Å². The molecule has 0 aliphatic carbocycles. The summed E-state index contributed by atoms with van der Waals surface area (Å²) in [5.74, 6) is 0. The van der Waals surface area contributed by atoms with E-state index < -0.39 is 0 Å². The van der Waals surface area contributed by atoms with Crippen molar-refractivity contribution in [2.45, 2.75) is 6.92 Å². The Kier molecular flexibility index (Phi) is 1.36. The second kappa shape index (κ2) is 2.45. The van der Waals surface area contributed by atoms with Crippen LogP contribution in [0.15, 0.2) is 17.1 Å². The average molecular weight is 205 g/mol. The second-order valence-corrected chi connectivity index (χ2v) is 4.47. The van der Waals surface area contributed by atoms with Gasteiger partial charge in [-0.05, 0) is 13.0 Å². The lowest BCUT2D eigenvalue weighted by atomic mass is 10.3. The van der Waals surface area contributed by atoms with Gasteiger partial charge in [-0.3, -0.25) is 4.79 Å². The zero-order chi connectivity index (χ0) is 9.71. The van der Waals surface area contributed by atoms with E-state index >= 15 is 0 Å². The Bertz CT molecular complexity index is 676. The molecule has 0 amide bonds. The number of fused-ring (bicyclic) bond motifs is 3. The molecule has 3 aromatic rings. The fourth-order valence-electron chi connectivity index (χ4n) is 1.64. The molecule has 0 saturated carbocycles. The first-order valence-corrected chi connectivity index (χ1v) is 5.03. The number of rotatable bonds is 0. The number of hydrogen-bond donors (Lipinski definition) is 2. The van der Waals surface area contributed by atoms with E-state index in [-0.39, 0.29) is 5.56 Å². The predicted octanol–water partition coefficient (Wildman–Crippen LogP) is 1.77. The first kappa shape index (κ1) is 7.75. The topological polar surface area (TPSA) is 61.5 Å². The van der Waals surface area contributed by atoms with Gasteiger partial charge < -0.3 is 4.98 Å². The number of nitrogens with one attached hydrogen (secondary N) is 2. The van der Waals surface area contributed by atoms with Crippen LogP contribution in [0.3, 0.4) is 0 Å². The molecule has 0 aliphatic heterocycles. The van der Waals surface area contributed by atoms with Crippen molar-refractivity contribution >= 4 is 32.5 Å². The van der Waals surface area contributed by atoms with Gasteiger partial charge in [0.25, 0.3) is 5.56 Å². The van der Waals surface area contributed by atoms with Crippen LogP contribution in [0, 0.1) is 6.92 Å². The molecule has 0 atom stereocenters. The summed E-state index contributed by atoms with van der Waals surface area (Å²) >= 11 is 1.67. The first-order chi connectivity index (χ1) is 6.75.